The predicted molar refractivity (Wildman–Crippen MR) is 86.8 cm³/mol. The van der Waals surface area contributed by atoms with Crippen LogP contribution >= 0.6 is 0 Å². The number of allylic oxidation sites excluding steroid dienone is 1. The van der Waals surface area contributed by atoms with Crippen molar-refractivity contribution in [3.8, 4) is 0 Å². The number of hydrogen-bond acceptors (Lipinski definition) is 3. The Bertz CT molecular complexity index is 200. The van der Waals surface area contributed by atoms with Crippen molar-refractivity contribution in [3.05, 3.63) is 12.3 Å². The van der Waals surface area contributed by atoms with Gasteiger partial charge in [-0.05, 0) is 54.4 Å². The van der Waals surface area contributed by atoms with E-state index in [1.165, 1.54) is 0 Å². The Labute approximate surface area is 126 Å². The van der Waals surface area contributed by atoms with Crippen LogP contribution < -0.4 is 0 Å². The lowest BCUT2D eigenvalue weighted by atomic mass is 10.3. The van der Waals surface area contributed by atoms with Crippen molar-refractivity contribution in [2.45, 2.75) is 99.3 Å². The van der Waals surface area contributed by atoms with Gasteiger partial charge in [-0.2, -0.15) is 0 Å². The maximum atomic E-state index is 5.58. The summed E-state index contributed by atoms with van der Waals surface area (Å²) in [6.45, 7) is 16.4. The van der Waals surface area contributed by atoms with Crippen LogP contribution in [0.3, 0.4) is 0 Å². The molecule has 122 valence electrons. The highest BCUT2D eigenvalue weighted by molar-refractivity contribution is 4.70. The van der Waals surface area contributed by atoms with Gasteiger partial charge in [0.2, 0.25) is 0 Å². The van der Waals surface area contributed by atoms with E-state index in [0.29, 0.717) is 6.10 Å². The van der Waals surface area contributed by atoms with Crippen LogP contribution in [0, 0.1) is 0 Å². The Balaban J connectivity index is 0. The van der Waals surface area contributed by atoms with E-state index in [1.807, 2.05) is 47.6 Å². The summed E-state index contributed by atoms with van der Waals surface area (Å²) < 4.78 is 16.3. The standard InChI is InChI=1S/C10H22O2.C7H14O/c1-6-7-10(11-8(2)3)12-9(4)5;1-4-5-6-8-7(2)3/h8-10H,6-7H2,1-5H3;5-7H,4H2,1-3H3/b;6-5+. The van der Waals surface area contributed by atoms with Gasteiger partial charge in [0.25, 0.3) is 0 Å². The predicted octanol–water partition coefficient (Wildman–Crippen LogP) is 5.30. The number of ether oxygens (including phenoxy) is 3. The van der Waals surface area contributed by atoms with E-state index < -0.39 is 0 Å². The van der Waals surface area contributed by atoms with Crippen LogP contribution in [0.1, 0.15) is 74.7 Å². The molecule has 0 aliphatic carbocycles. The highest BCUT2D eigenvalue weighted by atomic mass is 16.7. The van der Waals surface area contributed by atoms with Crippen molar-refractivity contribution in [2.75, 3.05) is 0 Å². The highest BCUT2D eigenvalue weighted by Crippen LogP contribution is 2.09. The second kappa shape index (κ2) is 14.9. The van der Waals surface area contributed by atoms with Crippen LogP contribution in [-0.2, 0) is 14.2 Å². The maximum Gasteiger partial charge on any atom is 0.158 e. The summed E-state index contributed by atoms with van der Waals surface area (Å²) in [5.74, 6) is 0. The largest absolute Gasteiger partial charge is 0.499 e. The maximum absolute atomic E-state index is 5.58. The minimum Gasteiger partial charge on any atom is -0.499 e. The lowest BCUT2D eigenvalue weighted by Gasteiger charge is -2.22. The average Bonchev–Trinajstić information content (AvgIpc) is 2.28. The first-order valence-corrected chi connectivity index (χ1v) is 7.94. The molecule has 0 rings (SSSR count). The zero-order chi connectivity index (χ0) is 16.0. The minimum atomic E-state index is -0.0185. The first-order chi connectivity index (χ1) is 9.33. The van der Waals surface area contributed by atoms with E-state index in [9.17, 15) is 0 Å². The SMILES string of the molecule is CC/C=C/OC(C)C.CCCC(OC(C)C)OC(C)C. The first kappa shape index (κ1) is 21.8. The van der Waals surface area contributed by atoms with Crippen LogP contribution in [0.5, 0.6) is 0 Å². The summed E-state index contributed by atoms with van der Waals surface area (Å²) >= 11 is 0. The molecular formula is C17H36O3. The van der Waals surface area contributed by atoms with Gasteiger partial charge in [0.05, 0.1) is 24.6 Å². The molecule has 0 radical (unpaired) electrons. The van der Waals surface area contributed by atoms with Crippen LogP contribution in [0.25, 0.3) is 0 Å². The van der Waals surface area contributed by atoms with Gasteiger partial charge in [-0.25, -0.2) is 0 Å². The third-order valence-corrected chi connectivity index (χ3v) is 2.05. The Morgan fingerprint density at radius 1 is 0.800 bits per heavy atom. The lowest BCUT2D eigenvalue weighted by Crippen LogP contribution is -2.24. The van der Waals surface area contributed by atoms with E-state index in [0.717, 1.165) is 19.3 Å². The van der Waals surface area contributed by atoms with Gasteiger partial charge in [-0.3, -0.25) is 0 Å². The summed E-state index contributed by atoms with van der Waals surface area (Å²) in [4.78, 5) is 0. The molecule has 0 aliphatic rings. The molecule has 0 N–H and O–H groups in total. The van der Waals surface area contributed by atoms with Crippen molar-refractivity contribution >= 4 is 0 Å². The highest BCUT2D eigenvalue weighted by Gasteiger charge is 2.11. The van der Waals surface area contributed by atoms with E-state index in [2.05, 4.69) is 13.8 Å². The second-order valence-electron chi connectivity index (χ2n) is 5.55. The van der Waals surface area contributed by atoms with Crippen molar-refractivity contribution in [2.24, 2.45) is 0 Å². The molecule has 0 saturated carbocycles. The Kier molecular flexibility index (Phi) is 16.2. The smallest absolute Gasteiger partial charge is 0.158 e. The van der Waals surface area contributed by atoms with E-state index in [4.69, 9.17) is 14.2 Å². The number of hydrogen-bond donors (Lipinski definition) is 0. The molecule has 0 aliphatic heterocycles. The Morgan fingerprint density at radius 2 is 1.30 bits per heavy atom. The lowest BCUT2D eigenvalue weighted by molar-refractivity contribution is -0.183. The van der Waals surface area contributed by atoms with E-state index in [1.54, 1.807) is 6.26 Å². The fourth-order valence-electron chi connectivity index (χ4n) is 1.32. The Hall–Kier alpha value is -0.540. The molecule has 3 heteroatoms. The van der Waals surface area contributed by atoms with Crippen molar-refractivity contribution in [3.63, 3.8) is 0 Å². The van der Waals surface area contributed by atoms with Crippen LogP contribution in [0.15, 0.2) is 12.3 Å². The summed E-state index contributed by atoms with van der Waals surface area (Å²) in [6.07, 6.45) is 7.69. The van der Waals surface area contributed by atoms with Crippen molar-refractivity contribution < 1.29 is 14.2 Å². The van der Waals surface area contributed by atoms with Gasteiger partial charge in [0.15, 0.2) is 6.29 Å². The van der Waals surface area contributed by atoms with E-state index in [-0.39, 0.29) is 18.5 Å². The summed E-state index contributed by atoms with van der Waals surface area (Å²) in [5.41, 5.74) is 0. The zero-order valence-electron chi connectivity index (χ0n) is 14.8. The minimum absolute atomic E-state index is 0.0185. The van der Waals surface area contributed by atoms with Gasteiger partial charge >= 0.3 is 0 Å². The summed E-state index contributed by atoms with van der Waals surface area (Å²) in [7, 11) is 0. The molecule has 0 saturated heterocycles. The zero-order valence-corrected chi connectivity index (χ0v) is 14.8. The molecule has 0 aromatic rings. The van der Waals surface area contributed by atoms with Gasteiger partial charge in [-0.1, -0.05) is 26.3 Å². The molecule has 3 nitrogen and oxygen atoms in total. The fraction of sp³-hybridized carbons (Fsp3) is 0.882. The van der Waals surface area contributed by atoms with Gasteiger partial charge in [0, 0.05) is 0 Å². The molecule has 0 spiro atoms. The van der Waals surface area contributed by atoms with Crippen LogP contribution in [0.2, 0.25) is 0 Å². The van der Waals surface area contributed by atoms with Gasteiger partial charge in [-0.15, -0.1) is 0 Å². The van der Waals surface area contributed by atoms with Gasteiger partial charge in [0.1, 0.15) is 0 Å². The second-order valence-corrected chi connectivity index (χ2v) is 5.55. The molecule has 0 aromatic heterocycles. The van der Waals surface area contributed by atoms with E-state index >= 15 is 0 Å². The molecule has 0 amide bonds. The first-order valence-electron chi connectivity index (χ1n) is 7.94. The molecule has 0 unspecified atom stereocenters. The van der Waals surface area contributed by atoms with Crippen molar-refractivity contribution in [1.29, 1.82) is 0 Å². The molecule has 0 heterocycles. The number of rotatable bonds is 9. The monoisotopic (exact) mass is 288 g/mol. The van der Waals surface area contributed by atoms with Crippen LogP contribution in [0.4, 0.5) is 0 Å². The molecule has 0 fully saturated rings. The molecular weight excluding hydrogens is 252 g/mol. The van der Waals surface area contributed by atoms with Gasteiger partial charge < -0.3 is 14.2 Å². The average molecular weight is 288 g/mol. The quantitative estimate of drug-likeness (QED) is 0.426. The summed E-state index contributed by atoms with van der Waals surface area (Å²) in [6, 6.07) is 0. The molecule has 20 heavy (non-hydrogen) atoms. The Morgan fingerprint density at radius 3 is 1.60 bits per heavy atom. The summed E-state index contributed by atoms with van der Waals surface area (Å²) in [5, 5.41) is 0. The third-order valence-electron chi connectivity index (χ3n) is 2.05. The molecule has 0 atom stereocenters. The van der Waals surface area contributed by atoms with Crippen molar-refractivity contribution in [1.82, 2.24) is 0 Å². The molecule has 0 aromatic carbocycles. The topological polar surface area (TPSA) is 27.7 Å². The normalized spacial score (nSPS) is 11.6. The fourth-order valence-corrected chi connectivity index (χ4v) is 1.32. The third kappa shape index (κ3) is 19.8. The molecule has 0 bridgehead atoms. The van der Waals surface area contributed by atoms with Crippen LogP contribution in [-0.4, -0.2) is 24.6 Å².